The molecular formula is C14H22Cl2N2O2S. The number of benzene rings is 1. The summed E-state index contributed by atoms with van der Waals surface area (Å²) in [5.41, 5.74) is 0.670. The van der Waals surface area contributed by atoms with Gasteiger partial charge in [-0.2, -0.15) is 4.31 Å². The second-order valence-corrected chi connectivity index (χ2v) is 7.68. The molecule has 0 atom stereocenters. The summed E-state index contributed by atoms with van der Waals surface area (Å²) >= 11 is 12.3. The monoisotopic (exact) mass is 352 g/mol. The Morgan fingerprint density at radius 2 is 1.81 bits per heavy atom. The maximum absolute atomic E-state index is 12.8. The number of halogens is 2. The third kappa shape index (κ3) is 4.11. The third-order valence-corrected chi connectivity index (χ3v) is 6.27. The SMILES string of the molecule is CCC(CC)N(C)S(=O)(=O)c1cc(Cl)cc(CNC)c1Cl. The summed E-state index contributed by atoms with van der Waals surface area (Å²) in [7, 11) is -0.316. The number of hydrogen-bond acceptors (Lipinski definition) is 3. The first kappa shape index (κ1) is 18.7. The van der Waals surface area contributed by atoms with Crippen LogP contribution in [0.15, 0.2) is 17.0 Å². The second kappa shape index (κ2) is 7.79. The van der Waals surface area contributed by atoms with E-state index in [0.717, 1.165) is 12.8 Å². The predicted octanol–water partition coefficient (Wildman–Crippen LogP) is 3.52. The summed E-state index contributed by atoms with van der Waals surface area (Å²) in [6.07, 6.45) is 1.49. The highest BCUT2D eigenvalue weighted by molar-refractivity contribution is 7.89. The summed E-state index contributed by atoms with van der Waals surface area (Å²) in [5, 5.41) is 3.54. The molecule has 0 amide bonds. The summed E-state index contributed by atoms with van der Waals surface area (Å²) in [6, 6.07) is 3.03. The van der Waals surface area contributed by atoms with Crippen LogP contribution in [0.1, 0.15) is 32.3 Å². The molecule has 0 heterocycles. The number of nitrogens with one attached hydrogen (secondary N) is 1. The van der Waals surface area contributed by atoms with Crippen LogP contribution < -0.4 is 5.32 Å². The Kier molecular flexibility index (Phi) is 6.94. The normalized spacial score (nSPS) is 12.4. The molecule has 120 valence electrons. The van der Waals surface area contributed by atoms with Crippen molar-refractivity contribution in [3.63, 3.8) is 0 Å². The van der Waals surface area contributed by atoms with E-state index in [1.54, 1.807) is 20.2 Å². The number of rotatable bonds is 7. The first-order valence-corrected chi connectivity index (χ1v) is 9.09. The predicted molar refractivity (Wildman–Crippen MR) is 88.5 cm³/mol. The van der Waals surface area contributed by atoms with E-state index in [1.165, 1.54) is 10.4 Å². The maximum Gasteiger partial charge on any atom is 0.244 e. The van der Waals surface area contributed by atoms with Gasteiger partial charge in [-0.3, -0.25) is 0 Å². The topological polar surface area (TPSA) is 49.4 Å². The second-order valence-electron chi connectivity index (χ2n) is 4.90. The van der Waals surface area contributed by atoms with E-state index in [1.807, 2.05) is 13.8 Å². The van der Waals surface area contributed by atoms with Crippen molar-refractivity contribution in [2.45, 2.75) is 44.2 Å². The van der Waals surface area contributed by atoms with Crippen molar-refractivity contribution in [1.82, 2.24) is 9.62 Å². The molecule has 21 heavy (non-hydrogen) atoms. The Morgan fingerprint density at radius 3 is 2.29 bits per heavy atom. The zero-order valence-corrected chi connectivity index (χ0v) is 15.1. The van der Waals surface area contributed by atoms with Crippen LogP contribution in [0.4, 0.5) is 0 Å². The lowest BCUT2D eigenvalue weighted by atomic mass is 10.2. The van der Waals surface area contributed by atoms with Gasteiger partial charge in [0.25, 0.3) is 0 Å². The van der Waals surface area contributed by atoms with Crippen LogP contribution >= 0.6 is 23.2 Å². The lowest BCUT2D eigenvalue weighted by molar-refractivity contribution is 0.349. The molecule has 1 N–H and O–H groups in total. The van der Waals surface area contributed by atoms with Gasteiger partial charge in [-0.25, -0.2) is 8.42 Å². The van der Waals surface area contributed by atoms with Gasteiger partial charge in [0.2, 0.25) is 10.0 Å². The van der Waals surface area contributed by atoms with E-state index in [0.29, 0.717) is 17.1 Å². The molecule has 0 aromatic heterocycles. The summed E-state index contributed by atoms with van der Waals surface area (Å²) in [4.78, 5) is 0.0660. The van der Waals surface area contributed by atoms with Gasteiger partial charge in [-0.1, -0.05) is 37.0 Å². The van der Waals surface area contributed by atoms with Crippen LogP contribution in [0.2, 0.25) is 10.0 Å². The molecule has 0 spiro atoms. The highest BCUT2D eigenvalue weighted by Gasteiger charge is 2.29. The Morgan fingerprint density at radius 1 is 1.24 bits per heavy atom. The Hall–Kier alpha value is -0.330. The van der Waals surface area contributed by atoms with Crippen molar-refractivity contribution < 1.29 is 8.42 Å². The zero-order chi connectivity index (χ0) is 16.2. The third-order valence-electron chi connectivity index (χ3n) is 3.56. The highest BCUT2D eigenvalue weighted by Crippen LogP contribution is 2.32. The van der Waals surface area contributed by atoms with E-state index < -0.39 is 10.0 Å². The minimum Gasteiger partial charge on any atom is -0.316 e. The van der Waals surface area contributed by atoms with Crippen LogP contribution in [-0.2, 0) is 16.6 Å². The van der Waals surface area contributed by atoms with Gasteiger partial charge >= 0.3 is 0 Å². The molecule has 0 aliphatic heterocycles. The van der Waals surface area contributed by atoms with Gasteiger partial charge in [0.05, 0.1) is 5.02 Å². The Labute approximate surface area is 137 Å². The molecule has 0 aliphatic carbocycles. The van der Waals surface area contributed by atoms with E-state index in [9.17, 15) is 8.42 Å². The minimum atomic E-state index is -3.67. The first-order chi connectivity index (χ1) is 9.79. The molecular weight excluding hydrogens is 331 g/mol. The van der Waals surface area contributed by atoms with Gasteiger partial charge in [-0.05, 0) is 37.6 Å². The van der Waals surface area contributed by atoms with Crippen molar-refractivity contribution >= 4 is 33.2 Å². The molecule has 4 nitrogen and oxygen atoms in total. The molecule has 0 fully saturated rings. The van der Waals surface area contributed by atoms with E-state index in [-0.39, 0.29) is 16.0 Å². The molecule has 0 radical (unpaired) electrons. The first-order valence-electron chi connectivity index (χ1n) is 6.90. The lowest BCUT2D eigenvalue weighted by Gasteiger charge is -2.26. The number of nitrogens with zero attached hydrogens (tertiary/aromatic N) is 1. The minimum absolute atomic E-state index is 0.0576. The van der Waals surface area contributed by atoms with Gasteiger partial charge in [0.1, 0.15) is 4.90 Å². The van der Waals surface area contributed by atoms with Gasteiger partial charge in [-0.15, -0.1) is 0 Å². The van der Waals surface area contributed by atoms with Crippen molar-refractivity contribution in [2.24, 2.45) is 0 Å². The van der Waals surface area contributed by atoms with Crippen LogP contribution in [0.3, 0.4) is 0 Å². The van der Waals surface area contributed by atoms with Gasteiger partial charge in [0.15, 0.2) is 0 Å². The van der Waals surface area contributed by atoms with Crippen molar-refractivity contribution in [2.75, 3.05) is 14.1 Å². The standard InChI is InChI=1S/C14H22Cl2N2O2S/c1-5-12(6-2)18(4)21(19,20)13-8-11(15)7-10(9-17-3)14(13)16/h7-8,12,17H,5-6,9H2,1-4H3. The number of sulfonamides is 1. The maximum atomic E-state index is 12.8. The van der Waals surface area contributed by atoms with Gasteiger partial charge < -0.3 is 5.32 Å². The molecule has 0 bridgehead atoms. The summed E-state index contributed by atoms with van der Waals surface area (Å²) in [5.74, 6) is 0. The number of hydrogen-bond donors (Lipinski definition) is 1. The molecule has 0 saturated carbocycles. The Balaban J connectivity index is 3.37. The van der Waals surface area contributed by atoms with Crippen molar-refractivity contribution in [1.29, 1.82) is 0 Å². The molecule has 1 aromatic rings. The largest absolute Gasteiger partial charge is 0.316 e. The molecule has 0 unspecified atom stereocenters. The van der Waals surface area contributed by atoms with Crippen LogP contribution in [0, 0.1) is 0 Å². The highest BCUT2D eigenvalue weighted by atomic mass is 35.5. The van der Waals surface area contributed by atoms with E-state index in [4.69, 9.17) is 23.2 Å². The lowest BCUT2D eigenvalue weighted by Crippen LogP contribution is -2.36. The summed E-state index contributed by atoms with van der Waals surface area (Å²) in [6.45, 7) is 4.38. The van der Waals surface area contributed by atoms with Crippen molar-refractivity contribution in [3.8, 4) is 0 Å². The fraction of sp³-hybridized carbons (Fsp3) is 0.571. The average Bonchev–Trinajstić information content (AvgIpc) is 2.43. The zero-order valence-electron chi connectivity index (χ0n) is 12.8. The van der Waals surface area contributed by atoms with Crippen LogP contribution in [0.25, 0.3) is 0 Å². The van der Waals surface area contributed by atoms with Crippen LogP contribution in [0.5, 0.6) is 0 Å². The molecule has 1 rings (SSSR count). The van der Waals surface area contributed by atoms with Crippen molar-refractivity contribution in [3.05, 3.63) is 27.7 Å². The summed E-state index contributed by atoms with van der Waals surface area (Å²) < 4.78 is 26.9. The molecule has 0 saturated heterocycles. The fourth-order valence-electron chi connectivity index (χ4n) is 2.28. The molecule has 1 aromatic carbocycles. The molecule has 7 heteroatoms. The fourth-order valence-corrected chi connectivity index (χ4v) is 4.69. The molecule has 0 aliphatic rings. The smallest absolute Gasteiger partial charge is 0.244 e. The van der Waals surface area contributed by atoms with Crippen LogP contribution in [-0.4, -0.2) is 32.9 Å². The van der Waals surface area contributed by atoms with Gasteiger partial charge in [0, 0.05) is 24.7 Å². The van der Waals surface area contributed by atoms with E-state index >= 15 is 0 Å². The average molecular weight is 353 g/mol. The quantitative estimate of drug-likeness (QED) is 0.816. The van der Waals surface area contributed by atoms with E-state index in [2.05, 4.69) is 5.32 Å². The Bertz CT molecular complexity index is 587.